The molecule has 5 nitrogen and oxygen atoms in total. The topological polar surface area (TPSA) is 58.6 Å². The van der Waals surface area contributed by atoms with Crippen LogP contribution in [-0.4, -0.2) is 42.6 Å². The van der Waals surface area contributed by atoms with Crippen molar-refractivity contribution in [1.29, 1.82) is 0 Å². The maximum atomic E-state index is 11.7. The molecule has 0 saturated heterocycles. The first kappa shape index (κ1) is 18.2. The predicted octanol–water partition coefficient (Wildman–Crippen LogP) is 3.13. The highest BCUT2D eigenvalue weighted by molar-refractivity contribution is 7.10. The number of thiophene rings is 1. The van der Waals surface area contributed by atoms with E-state index in [0.717, 1.165) is 4.88 Å². The number of nitrogens with zero attached hydrogens (tertiary/aromatic N) is 1. The molecule has 0 unspecified atom stereocenters. The van der Waals surface area contributed by atoms with E-state index in [1.54, 1.807) is 24.5 Å². The van der Waals surface area contributed by atoms with E-state index in [9.17, 15) is 9.59 Å². The summed E-state index contributed by atoms with van der Waals surface area (Å²) in [5.74, 6) is -0.131. The number of rotatable bonds is 6. The van der Waals surface area contributed by atoms with Gasteiger partial charge in [0.15, 0.2) is 0 Å². The monoisotopic (exact) mass is 324 g/mol. The molecule has 0 atom stereocenters. The molecule has 0 aliphatic carbocycles. The van der Waals surface area contributed by atoms with Gasteiger partial charge in [0.25, 0.3) is 0 Å². The van der Waals surface area contributed by atoms with Crippen LogP contribution in [0.2, 0.25) is 0 Å². The van der Waals surface area contributed by atoms with Gasteiger partial charge in [0.2, 0.25) is 5.91 Å². The Bertz CT molecular complexity index is 504. The largest absolute Gasteiger partial charge is 0.444 e. The summed E-state index contributed by atoms with van der Waals surface area (Å²) in [4.78, 5) is 25.9. The van der Waals surface area contributed by atoms with E-state index in [-0.39, 0.29) is 12.0 Å². The second-order valence-electron chi connectivity index (χ2n) is 5.90. The lowest BCUT2D eigenvalue weighted by Crippen LogP contribution is -2.35. The third-order valence-electron chi connectivity index (χ3n) is 2.62. The molecular weight excluding hydrogens is 300 g/mol. The summed E-state index contributed by atoms with van der Waals surface area (Å²) in [6.45, 7) is 6.54. The van der Waals surface area contributed by atoms with E-state index in [4.69, 9.17) is 4.74 Å². The van der Waals surface area contributed by atoms with E-state index >= 15 is 0 Å². The molecule has 1 rings (SSSR count). The van der Waals surface area contributed by atoms with Crippen LogP contribution in [-0.2, 0) is 9.53 Å². The van der Waals surface area contributed by atoms with E-state index in [1.807, 2.05) is 38.3 Å². The van der Waals surface area contributed by atoms with Gasteiger partial charge in [-0.05, 0) is 44.7 Å². The van der Waals surface area contributed by atoms with Crippen molar-refractivity contribution in [2.24, 2.45) is 0 Å². The van der Waals surface area contributed by atoms with Gasteiger partial charge >= 0.3 is 6.09 Å². The minimum Gasteiger partial charge on any atom is -0.444 e. The lowest BCUT2D eigenvalue weighted by molar-refractivity contribution is -0.116. The zero-order valence-corrected chi connectivity index (χ0v) is 14.4. The van der Waals surface area contributed by atoms with Crippen molar-refractivity contribution in [2.45, 2.75) is 32.8 Å². The first-order valence-corrected chi connectivity index (χ1v) is 8.09. The summed E-state index contributed by atoms with van der Waals surface area (Å²) in [7, 11) is 1.69. The van der Waals surface area contributed by atoms with Crippen LogP contribution < -0.4 is 5.32 Å². The summed E-state index contributed by atoms with van der Waals surface area (Å²) in [5.41, 5.74) is -0.494. The molecule has 1 aromatic rings. The number of carbonyl (C=O) groups is 2. The lowest BCUT2D eigenvalue weighted by Gasteiger charge is -2.24. The molecule has 0 bridgehead atoms. The van der Waals surface area contributed by atoms with Crippen LogP contribution in [0.4, 0.5) is 4.79 Å². The predicted molar refractivity (Wildman–Crippen MR) is 89.8 cm³/mol. The minimum atomic E-state index is -0.494. The summed E-state index contributed by atoms with van der Waals surface area (Å²) < 4.78 is 5.25. The normalized spacial score (nSPS) is 11.5. The van der Waals surface area contributed by atoms with Crippen LogP contribution in [0, 0.1) is 0 Å². The highest BCUT2D eigenvalue weighted by Crippen LogP contribution is 2.10. The van der Waals surface area contributed by atoms with Crippen LogP contribution in [0.25, 0.3) is 6.08 Å². The Labute approximate surface area is 136 Å². The van der Waals surface area contributed by atoms with Crippen LogP contribution in [0.15, 0.2) is 23.6 Å². The molecule has 0 aromatic carbocycles. The molecule has 1 N–H and O–H groups in total. The summed E-state index contributed by atoms with van der Waals surface area (Å²) >= 11 is 1.58. The molecule has 6 heteroatoms. The maximum absolute atomic E-state index is 11.7. The number of hydrogen-bond donors (Lipinski definition) is 1. The van der Waals surface area contributed by atoms with Crippen LogP contribution in [0.1, 0.15) is 32.1 Å². The van der Waals surface area contributed by atoms with E-state index in [2.05, 4.69) is 5.32 Å². The second kappa shape index (κ2) is 8.58. The fourth-order valence-corrected chi connectivity index (χ4v) is 2.18. The van der Waals surface area contributed by atoms with E-state index < -0.39 is 5.60 Å². The quantitative estimate of drug-likeness (QED) is 0.646. The van der Waals surface area contributed by atoms with Gasteiger partial charge < -0.3 is 15.0 Å². The van der Waals surface area contributed by atoms with Gasteiger partial charge in [0, 0.05) is 31.1 Å². The Balaban J connectivity index is 2.19. The fraction of sp³-hybridized carbons (Fsp3) is 0.500. The van der Waals surface area contributed by atoms with Crippen molar-refractivity contribution in [3.63, 3.8) is 0 Å². The Morgan fingerprint density at radius 3 is 2.73 bits per heavy atom. The number of carbonyl (C=O) groups excluding carboxylic acids is 2. The van der Waals surface area contributed by atoms with Gasteiger partial charge in [0.1, 0.15) is 5.60 Å². The minimum absolute atomic E-state index is 0.131. The molecule has 0 aliphatic heterocycles. The molecule has 122 valence electrons. The SMILES string of the molecule is CN(CCCNC(=O)/C=C/c1cccs1)C(=O)OC(C)(C)C. The van der Waals surface area contributed by atoms with Crippen LogP contribution in [0.3, 0.4) is 0 Å². The summed E-state index contributed by atoms with van der Waals surface area (Å²) in [5, 5.41) is 4.75. The van der Waals surface area contributed by atoms with E-state index in [1.165, 1.54) is 11.0 Å². The Morgan fingerprint density at radius 1 is 1.41 bits per heavy atom. The summed E-state index contributed by atoms with van der Waals surface area (Å²) in [6, 6.07) is 3.89. The van der Waals surface area contributed by atoms with Gasteiger partial charge in [-0.2, -0.15) is 0 Å². The first-order valence-electron chi connectivity index (χ1n) is 7.21. The number of ether oxygens (including phenoxy) is 1. The molecule has 1 aromatic heterocycles. The van der Waals surface area contributed by atoms with Crippen molar-refractivity contribution >= 4 is 29.4 Å². The van der Waals surface area contributed by atoms with Crippen molar-refractivity contribution in [3.8, 4) is 0 Å². The average molecular weight is 324 g/mol. The molecule has 1 heterocycles. The molecule has 0 fully saturated rings. The molecule has 22 heavy (non-hydrogen) atoms. The average Bonchev–Trinajstić information content (AvgIpc) is 2.92. The third kappa shape index (κ3) is 7.83. The molecular formula is C16H24N2O3S. The third-order valence-corrected chi connectivity index (χ3v) is 3.45. The van der Waals surface area contributed by atoms with Gasteiger partial charge in [-0.15, -0.1) is 11.3 Å². The molecule has 2 amide bonds. The highest BCUT2D eigenvalue weighted by Gasteiger charge is 2.18. The van der Waals surface area contributed by atoms with E-state index in [0.29, 0.717) is 19.5 Å². The standard InChI is InChI=1S/C16H24N2O3S/c1-16(2,3)21-15(20)18(4)11-6-10-17-14(19)9-8-13-7-5-12-22-13/h5,7-9,12H,6,10-11H2,1-4H3,(H,17,19)/b9-8+. The van der Waals surface area contributed by atoms with Crippen molar-refractivity contribution in [1.82, 2.24) is 10.2 Å². The Hall–Kier alpha value is -1.82. The molecule has 0 radical (unpaired) electrons. The van der Waals surface area contributed by atoms with Crippen molar-refractivity contribution < 1.29 is 14.3 Å². The number of hydrogen-bond acceptors (Lipinski definition) is 4. The Morgan fingerprint density at radius 2 is 2.14 bits per heavy atom. The lowest BCUT2D eigenvalue weighted by atomic mass is 10.2. The summed E-state index contributed by atoms with van der Waals surface area (Å²) in [6.07, 6.45) is 3.63. The van der Waals surface area contributed by atoms with Crippen molar-refractivity contribution in [3.05, 3.63) is 28.5 Å². The number of nitrogens with one attached hydrogen (secondary N) is 1. The molecule has 0 spiro atoms. The number of amides is 2. The zero-order chi connectivity index (χ0) is 16.6. The van der Waals surface area contributed by atoms with Crippen LogP contribution in [0.5, 0.6) is 0 Å². The first-order chi connectivity index (χ1) is 10.3. The van der Waals surface area contributed by atoms with Gasteiger partial charge in [-0.3, -0.25) is 4.79 Å². The van der Waals surface area contributed by atoms with Gasteiger partial charge in [-0.25, -0.2) is 4.79 Å². The smallest absolute Gasteiger partial charge is 0.410 e. The maximum Gasteiger partial charge on any atom is 0.410 e. The molecule has 0 saturated carbocycles. The Kier molecular flexibility index (Phi) is 7.11. The highest BCUT2D eigenvalue weighted by atomic mass is 32.1. The van der Waals surface area contributed by atoms with Crippen molar-refractivity contribution in [2.75, 3.05) is 20.1 Å². The van der Waals surface area contributed by atoms with Gasteiger partial charge in [-0.1, -0.05) is 6.07 Å². The zero-order valence-electron chi connectivity index (χ0n) is 13.6. The fourth-order valence-electron chi connectivity index (χ4n) is 1.56. The van der Waals surface area contributed by atoms with Gasteiger partial charge in [0.05, 0.1) is 0 Å². The second-order valence-corrected chi connectivity index (χ2v) is 6.87. The van der Waals surface area contributed by atoms with Crippen LogP contribution >= 0.6 is 11.3 Å². The molecule has 0 aliphatic rings.